The molecule has 0 heterocycles. The van der Waals surface area contributed by atoms with Crippen LogP contribution in [0, 0.1) is 39.0 Å². The highest BCUT2D eigenvalue weighted by molar-refractivity contribution is 6.03. The fraction of sp³-hybridized carbons (Fsp3) is 0.350. The third-order valence-corrected chi connectivity index (χ3v) is 5.29. The Morgan fingerprint density at radius 2 is 1.86 bits per heavy atom. The molecular formula is C20H22N4O4. The molecule has 0 radical (unpaired) electrons. The lowest BCUT2D eigenvalue weighted by molar-refractivity contribution is -0.393. The van der Waals surface area contributed by atoms with Gasteiger partial charge >= 0.3 is 5.69 Å². The van der Waals surface area contributed by atoms with Gasteiger partial charge in [-0.3, -0.25) is 25.7 Å². The molecule has 2 aromatic carbocycles. The Morgan fingerprint density at radius 1 is 1.11 bits per heavy atom. The van der Waals surface area contributed by atoms with Crippen molar-refractivity contribution in [2.75, 3.05) is 5.43 Å². The van der Waals surface area contributed by atoms with Crippen molar-refractivity contribution in [3.05, 3.63) is 73.3 Å². The van der Waals surface area contributed by atoms with Crippen LogP contribution in [0.1, 0.15) is 37.0 Å². The van der Waals surface area contributed by atoms with Crippen LogP contribution >= 0.6 is 0 Å². The number of nitrogens with zero attached hydrogens (tertiary/aromatic N) is 3. The predicted octanol–water partition coefficient (Wildman–Crippen LogP) is 4.85. The van der Waals surface area contributed by atoms with Crippen LogP contribution in [0.5, 0.6) is 0 Å². The van der Waals surface area contributed by atoms with Crippen LogP contribution in [0.2, 0.25) is 0 Å². The molecule has 0 saturated heterocycles. The number of nitro benzene ring substituents is 2. The standard InChI is InChI=1S/C20H22N4O4/c1-12(2)14-9-17-13(3)5-4-6-16(17)19(10-14)22-21-18-8-7-15(23(25)26)11-20(18)24(27)28/h4-8,11-12,14,21H,9-10H2,1-3H3/b22-19+. The van der Waals surface area contributed by atoms with Crippen molar-refractivity contribution >= 4 is 22.8 Å². The Labute approximate surface area is 162 Å². The van der Waals surface area contributed by atoms with E-state index in [1.54, 1.807) is 0 Å². The SMILES string of the molecule is Cc1cccc2c1CC(C(C)C)C/C2=N\Nc1ccc([N+](=O)[O-])cc1[N+](=O)[O-]. The van der Waals surface area contributed by atoms with E-state index in [2.05, 4.69) is 37.4 Å². The van der Waals surface area contributed by atoms with Crippen molar-refractivity contribution in [1.29, 1.82) is 0 Å². The van der Waals surface area contributed by atoms with Crippen molar-refractivity contribution in [1.82, 2.24) is 0 Å². The largest absolute Gasteiger partial charge is 0.301 e. The molecule has 0 bridgehead atoms. The van der Waals surface area contributed by atoms with E-state index in [-0.39, 0.29) is 17.1 Å². The van der Waals surface area contributed by atoms with Crippen LogP contribution in [0.25, 0.3) is 0 Å². The molecule has 1 aliphatic rings. The van der Waals surface area contributed by atoms with Crippen LogP contribution < -0.4 is 5.43 Å². The van der Waals surface area contributed by atoms with Gasteiger partial charge < -0.3 is 0 Å². The lowest BCUT2D eigenvalue weighted by atomic mass is 9.76. The number of benzene rings is 2. The van der Waals surface area contributed by atoms with Gasteiger partial charge in [-0.2, -0.15) is 5.10 Å². The van der Waals surface area contributed by atoms with Gasteiger partial charge in [-0.05, 0) is 48.8 Å². The van der Waals surface area contributed by atoms with Gasteiger partial charge in [0, 0.05) is 11.6 Å². The van der Waals surface area contributed by atoms with Gasteiger partial charge in [0.25, 0.3) is 5.69 Å². The number of aryl methyl sites for hydroxylation is 1. The average Bonchev–Trinajstić information content (AvgIpc) is 2.66. The van der Waals surface area contributed by atoms with Crippen molar-refractivity contribution in [2.45, 2.75) is 33.6 Å². The van der Waals surface area contributed by atoms with Crippen molar-refractivity contribution in [3.8, 4) is 0 Å². The van der Waals surface area contributed by atoms with Gasteiger partial charge in [-0.1, -0.05) is 32.0 Å². The number of hydrogen-bond donors (Lipinski definition) is 1. The van der Waals surface area contributed by atoms with E-state index in [1.807, 2.05) is 12.1 Å². The number of fused-ring (bicyclic) bond motifs is 1. The lowest BCUT2D eigenvalue weighted by Gasteiger charge is -2.29. The second-order valence-electron chi connectivity index (χ2n) is 7.40. The molecule has 0 fully saturated rings. The van der Waals surface area contributed by atoms with Gasteiger partial charge in [0.1, 0.15) is 5.69 Å². The molecule has 0 aliphatic heterocycles. The van der Waals surface area contributed by atoms with Crippen molar-refractivity contribution < 1.29 is 9.85 Å². The number of anilines is 1. The van der Waals surface area contributed by atoms with Gasteiger partial charge in [0.2, 0.25) is 0 Å². The first kappa shape index (κ1) is 19.5. The quantitative estimate of drug-likeness (QED) is 0.587. The molecule has 1 N–H and O–H groups in total. The fourth-order valence-corrected chi connectivity index (χ4v) is 3.52. The van der Waals surface area contributed by atoms with Gasteiger partial charge in [0.15, 0.2) is 0 Å². The first-order valence-corrected chi connectivity index (χ1v) is 9.12. The van der Waals surface area contributed by atoms with Crippen LogP contribution in [0.3, 0.4) is 0 Å². The number of nitro groups is 2. The number of hydrogen-bond acceptors (Lipinski definition) is 6. The number of hydrazone groups is 1. The van der Waals surface area contributed by atoms with E-state index in [9.17, 15) is 20.2 Å². The smallest absolute Gasteiger partial charge is 0.271 e. The summed E-state index contributed by atoms with van der Waals surface area (Å²) < 4.78 is 0. The second-order valence-corrected chi connectivity index (χ2v) is 7.40. The number of nitrogens with one attached hydrogen (secondary N) is 1. The zero-order valence-corrected chi connectivity index (χ0v) is 16.0. The molecule has 8 nitrogen and oxygen atoms in total. The molecule has 8 heteroatoms. The number of non-ortho nitro benzene ring substituents is 1. The minimum atomic E-state index is -0.657. The molecular weight excluding hydrogens is 360 g/mol. The summed E-state index contributed by atoms with van der Waals surface area (Å²) in [6.45, 7) is 6.44. The van der Waals surface area contributed by atoms with Gasteiger partial charge in [0.05, 0.1) is 21.6 Å². The van der Waals surface area contributed by atoms with E-state index in [4.69, 9.17) is 0 Å². The molecule has 1 aliphatic carbocycles. The second kappa shape index (κ2) is 7.75. The highest BCUT2D eigenvalue weighted by atomic mass is 16.6. The molecule has 28 heavy (non-hydrogen) atoms. The van der Waals surface area contributed by atoms with Crippen molar-refractivity contribution in [3.63, 3.8) is 0 Å². The zero-order chi connectivity index (χ0) is 20.4. The molecule has 2 aromatic rings. The normalized spacial score (nSPS) is 17.4. The molecule has 146 valence electrons. The maximum Gasteiger partial charge on any atom is 0.301 e. The topological polar surface area (TPSA) is 111 Å². The Hall–Kier alpha value is -3.29. The highest BCUT2D eigenvalue weighted by Gasteiger charge is 2.27. The minimum Gasteiger partial charge on any atom is -0.271 e. The van der Waals surface area contributed by atoms with Crippen LogP contribution in [0.15, 0.2) is 41.5 Å². The van der Waals surface area contributed by atoms with E-state index in [1.165, 1.54) is 23.3 Å². The fourth-order valence-electron chi connectivity index (χ4n) is 3.52. The number of rotatable bonds is 5. The zero-order valence-electron chi connectivity index (χ0n) is 16.0. The molecule has 0 spiro atoms. The summed E-state index contributed by atoms with van der Waals surface area (Å²) >= 11 is 0. The van der Waals surface area contributed by atoms with Crippen molar-refractivity contribution in [2.24, 2.45) is 16.9 Å². The molecule has 3 rings (SSSR count). The van der Waals surface area contributed by atoms with Crippen LogP contribution in [-0.2, 0) is 6.42 Å². The van der Waals surface area contributed by atoms with E-state index in [0.717, 1.165) is 30.2 Å². The predicted molar refractivity (Wildman–Crippen MR) is 108 cm³/mol. The van der Waals surface area contributed by atoms with E-state index >= 15 is 0 Å². The summed E-state index contributed by atoms with van der Waals surface area (Å²) in [6, 6.07) is 9.56. The van der Waals surface area contributed by atoms with Crippen LogP contribution in [-0.4, -0.2) is 15.6 Å². The summed E-state index contributed by atoms with van der Waals surface area (Å²) in [6.07, 6.45) is 1.75. The summed E-state index contributed by atoms with van der Waals surface area (Å²) in [5.41, 5.74) is 6.55. The Balaban J connectivity index is 1.99. The highest BCUT2D eigenvalue weighted by Crippen LogP contribution is 2.33. The lowest BCUT2D eigenvalue weighted by Crippen LogP contribution is -2.25. The third-order valence-electron chi connectivity index (χ3n) is 5.29. The van der Waals surface area contributed by atoms with E-state index in [0.29, 0.717) is 11.8 Å². The Morgan fingerprint density at radius 3 is 2.50 bits per heavy atom. The van der Waals surface area contributed by atoms with Crippen LogP contribution in [0.4, 0.5) is 17.1 Å². The summed E-state index contributed by atoms with van der Waals surface area (Å²) in [5.74, 6) is 0.910. The Bertz CT molecular complexity index is 969. The molecule has 0 amide bonds. The summed E-state index contributed by atoms with van der Waals surface area (Å²) in [4.78, 5) is 20.9. The monoisotopic (exact) mass is 382 g/mol. The maximum absolute atomic E-state index is 11.3. The van der Waals surface area contributed by atoms with Gasteiger partial charge in [-0.25, -0.2) is 0 Å². The molecule has 0 saturated carbocycles. The third kappa shape index (κ3) is 3.85. The minimum absolute atomic E-state index is 0.129. The Kier molecular flexibility index (Phi) is 5.39. The average molecular weight is 382 g/mol. The summed E-state index contributed by atoms with van der Waals surface area (Å²) in [7, 11) is 0. The first-order valence-electron chi connectivity index (χ1n) is 9.12. The first-order chi connectivity index (χ1) is 13.3. The summed E-state index contributed by atoms with van der Waals surface area (Å²) in [5, 5.41) is 26.7. The molecule has 1 unspecified atom stereocenters. The molecule has 0 aromatic heterocycles. The van der Waals surface area contributed by atoms with E-state index < -0.39 is 9.85 Å². The molecule has 1 atom stereocenters. The van der Waals surface area contributed by atoms with Gasteiger partial charge in [-0.15, -0.1) is 0 Å². The maximum atomic E-state index is 11.3.